The zero-order valence-corrected chi connectivity index (χ0v) is 16.6. The van der Waals surface area contributed by atoms with Crippen molar-refractivity contribution >= 4 is 49.1 Å². The Labute approximate surface area is 160 Å². The van der Waals surface area contributed by atoms with Crippen LogP contribution < -0.4 is 9.62 Å². The maximum absolute atomic E-state index is 12.4. The van der Waals surface area contributed by atoms with Gasteiger partial charge in [-0.2, -0.15) is 0 Å². The molecule has 0 unspecified atom stereocenters. The number of halogens is 1. The van der Waals surface area contributed by atoms with Gasteiger partial charge in [0.25, 0.3) is 5.91 Å². The molecule has 1 N–H and O–H groups in total. The Hall–Kier alpha value is -2.19. The van der Waals surface area contributed by atoms with Crippen LogP contribution in [0.4, 0.5) is 11.4 Å². The highest BCUT2D eigenvalue weighted by molar-refractivity contribution is 9.10. The molecule has 0 radical (unpaired) electrons. The minimum Gasteiger partial charge on any atom is -0.322 e. The molecule has 1 aliphatic heterocycles. The lowest BCUT2D eigenvalue weighted by atomic mass is 10.1. The molecular weight excluding hydrogens is 420 g/mol. The second-order valence-electron chi connectivity index (χ2n) is 6.25. The monoisotopic (exact) mass is 436 g/mol. The molecular formula is C18H17BrN2O4S. The number of anilines is 2. The second kappa shape index (κ2) is 6.85. The van der Waals surface area contributed by atoms with Crippen LogP contribution >= 0.6 is 15.9 Å². The predicted octanol–water partition coefficient (Wildman–Crippen LogP) is 3.32. The number of nitrogens with one attached hydrogen (secondary N) is 1. The quantitative estimate of drug-likeness (QED) is 0.799. The minimum atomic E-state index is -3.65. The van der Waals surface area contributed by atoms with Gasteiger partial charge >= 0.3 is 0 Å². The van der Waals surface area contributed by atoms with E-state index in [1.54, 1.807) is 19.1 Å². The van der Waals surface area contributed by atoms with E-state index in [4.69, 9.17) is 0 Å². The number of aryl methyl sites for hydroxylation is 1. The summed E-state index contributed by atoms with van der Waals surface area (Å²) in [4.78, 5) is 24.5. The molecule has 1 fully saturated rings. The Bertz CT molecular complexity index is 987. The van der Waals surface area contributed by atoms with Crippen molar-refractivity contribution in [1.29, 1.82) is 0 Å². The molecule has 1 heterocycles. The van der Waals surface area contributed by atoms with Gasteiger partial charge in [-0.25, -0.2) is 12.7 Å². The number of carbonyl (C=O) groups excluding carboxylic acids is 2. The maximum Gasteiger partial charge on any atom is 0.255 e. The van der Waals surface area contributed by atoms with E-state index in [1.807, 2.05) is 13.0 Å². The average Bonchev–Trinajstić information content (AvgIpc) is 2.78. The first-order valence-electron chi connectivity index (χ1n) is 7.93. The standard InChI is InChI=1S/C18H17BrN2O4S/c1-11-3-6-14(9-16(11)19)20-17(22)13-4-7-15(8-5-13)21-18(23)12(2)10-26(21,24)25/h3-9,12H,10H2,1-2H3,(H,20,22)/t12-/m1/s1. The zero-order valence-electron chi connectivity index (χ0n) is 14.2. The van der Waals surface area contributed by atoms with Crippen molar-refractivity contribution in [1.82, 2.24) is 0 Å². The van der Waals surface area contributed by atoms with Crippen molar-refractivity contribution in [2.24, 2.45) is 5.92 Å². The summed E-state index contributed by atoms with van der Waals surface area (Å²) in [6, 6.07) is 11.4. The number of hydrogen-bond donors (Lipinski definition) is 1. The summed E-state index contributed by atoms with van der Waals surface area (Å²) in [6.07, 6.45) is 0. The Morgan fingerprint density at radius 2 is 1.85 bits per heavy atom. The van der Waals surface area contributed by atoms with Crippen LogP contribution in [0.3, 0.4) is 0 Å². The summed E-state index contributed by atoms with van der Waals surface area (Å²) in [7, 11) is -3.65. The van der Waals surface area contributed by atoms with Crippen molar-refractivity contribution in [3.8, 4) is 0 Å². The van der Waals surface area contributed by atoms with Crippen LogP contribution in [0, 0.1) is 12.8 Å². The van der Waals surface area contributed by atoms with Crippen LogP contribution in [0.5, 0.6) is 0 Å². The fourth-order valence-corrected chi connectivity index (χ4v) is 4.91. The summed E-state index contributed by atoms with van der Waals surface area (Å²) < 4.78 is 26.0. The molecule has 0 aromatic heterocycles. The topological polar surface area (TPSA) is 83.6 Å². The molecule has 1 atom stereocenters. The minimum absolute atomic E-state index is 0.198. The Morgan fingerprint density at radius 3 is 2.38 bits per heavy atom. The number of amides is 2. The molecule has 0 spiro atoms. The summed E-state index contributed by atoms with van der Waals surface area (Å²) in [5.41, 5.74) is 2.30. The Morgan fingerprint density at radius 1 is 1.19 bits per heavy atom. The van der Waals surface area contributed by atoms with Gasteiger partial charge in [-0.1, -0.05) is 28.9 Å². The molecule has 2 amide bonds. The van der Waals surface area contributed by atoms with E-state index in [0.717, 1.165) is 14.3 Å². The lowest BCUT2D eigenvalue weighted by Gasteiger charge is -2.15. The molecule has 26 heavy (non-hydrogen) atoms. The highest BCUT2D eigenvalue weighted by atomic mass is 79.9. The van der Waals surface area contributed by atoms with E-state index < -0.39 is 21.8 Å². The third-order valence-electron chi connectivity index (χ3n) is 4.15. The van der Waals surface area contributed by atoms with E-state index in [9.17, 15) is 18.0 Å². The predicted molar refractivity (Wildman–Crippen MR) is 104 cm³/mol. The van der Waals surface area contributed by atoms with Gasteiger partial charge in [-0.05, 0) is 48.9 Å². The fourth-order valence-electron chi connectivity index (χ4n) is 2.71. The van der Waals surface area contributed by atoms with E-state index in [0.29, 0.717) is 11.3 Å². The molecule has 1 saturated heterocycles. The Kier molecular flexibility index (Phi) is 4.90. The smallest absolute Gasteiger partial charge is 0.255 e. The number of hydrogen-bond acceptors (Lipinski definition) is 4. The fraction of sp³-hybridized carbons (Fsp3) is 0.222. The van der Waals surface area contributed by atoms with Crippen molar-refractivity contribution < 1.29 is 18.0 Å². The number of sulfonamides is 1. The molecule has 8 heteroatoms. The first-order valence-corrected chi connectivity index (χ1v) is 10.3. The van der Waals surface area contributed by atoms with Crippen molar-refractivity contribution in [2.75, 3.05) is 15.4 Å². The Balaban J connectivity index is 1.80. The van der Waals surface area contributed by atoms with Crippen LogP contribution in [0.1, 0.15) is 22.8 Å². The second-order valence-corrected chi connectivity index (χ2v) is 8.96. The van der Waals surface area contributed by atoms with Gasteiger partial charge in [0.15, 0.2) is 0 Å². The molecule has 2 aromatic rings. The van der Waals surface area contributed by atoms with E-state index in [2.05, 4.69) is 21.2 Å². The molecule has 1 aliphatic rings. The summed E-state index contributed by atoms with van der Waals surface area (Å²) >= 11 is 3.41. The number of rotatable bonds is 3. The molecule has 6 nitrogen and oxygen atoms in total. The lowest BCUT2D eigenvalue weighted by molar-refractivity contribution is -0.119. The molecule has 0 bridgehead atoms. The van der Waals surface area contributed by atoms with Gasteiger partial charge in [-0.3, -0.25) is 9.59 Å². The first kappa shape index (κ1) is 18.6. The van der Waals surface area contributed by atoms with Crippen LogP contribution in [-0.4, -0.2) is 26.0 Å². The lowest BCUT2D eigenvalue weighted by Crippen LogP contribution is -2.30. The van der Waals surface area contributed by atoms with Crippen LogP contribution in [0.25, 0.3) is 0 Å². The van der Waals surface area contributed by atoms with Gasteiger partial charge < -0.3 is 5.32 Å². The average molecular weight is 437 g/mol. The summed E-state index contributed by atoms with van der Waals surface area (Å²) in [6.45, 7) is 3.53. The molecule has 0 aliphatic carbocycles. The third kappa shape index (κ3) is 3.52. The SMILES string of the molecule is Cc1ccc(NC(=O)c2ccc(N3C(=O)[C@H](C)CS3(=O)=O)cc2)cc1Br. The normalized spacial score (nSPS) is 18.8. The number of nitrogens with zero attached hydrogens (tertiary/aromatic N) is 1. The summed E-state index contributed by atoms with van der Waals surface area (Å²) in [5, 5.41) is 2.78. The maximum atomic E-state index is 12.4. The van der Waals surface area contributed by atoms with Gasteiger partial charge in [-0.15, -0.1) is 0 Å². The molecule has 2 aromatic carbocycles. The number of carbonyl (C=O) groups is 2. The highest BCUT2D eigenvalue weighted by Gasteiger charge is 2.41. The van der Waals surface area contributed by atoms with Crippen molar-refractivity contribution in [2.45, 2.75) is 13.8 Å². The van der Waals surface area contributed by atoms with Gasteiger partial charge in [0.2, 0.25) is 15.9 Å². The highest BCUT2D eigenvalue weighted by Crippen LogP contribution is 2.28. The van der Waals surface area contributed by atoms with Crippen LogP contribution in [0.15, 0.2) is 46.9 Å². The third-order valence-corrected chi connectivity index (χ3v) is 6.88. The van der Waals surface area contributed by atoms with Gasteiger partial charge in [0.05, 0.1) is 17.4 Å². The zero-order chi connectivity index (χ0) is 19.1. The van der Waals surface area contributed by atoms with E-state index in [-0.39, 0.29) is 17.3 Å². The molecule has 136 valence electrons. The van der Waals surface area contributed by atoms with E-state index >= 15 is 0 Å². The number of benzene rings is 2. The largest absolute Gasteiger partial charge is 0.322 e. The first-order chi connectivity index (χ1) is 12.2. The summed E-state index contributed by atoms with van der Waals surface area (Å²) in [5.74, 6) is -1.54. The van der Waals surface area contributed by atoms with Crippen molar-refractivity contribution in [3.05, 3.63) is 58.1 Å². The van der Waals surface area contributed by atoms with Gasteiger partial charge in [0, 0.05) is 15.7 Å². The van der Waals surface area contributed by atoms with Gasteiger partial charge in [0.1, 0.15) is 0 Å². The van der Waals surface area contributed by atoms with E-state index in [1.165, 1.54) is 24.3 Å². The van der Waals surface area contributed by atoms with Crippen LogP contribution in [0.2, 0.25) is 0 Å². The molecule has 0 saturated carbocycles. The van der Waals surface area contributed by atoms with Crippen molar-refractivity contribution in [3.63, 3.8) is 0 Å². The molecule has 3 rings (SSSR count). The van der Waals surface area contributed by atoms with Crippen LogP contribution in [-0.2, 0) is 14.8 Å².